The van der Waals surface area contributed by atoms with Gasteiger partial charge in [-0.1, -0.05) is 100.0 Å². The molecule has 25 heavy (non-hydrogen) atoms. The largest absolute Gasteiger partial charge is 0.135 e. The number of hydrogen-bond donors (Lipinski definition) is 0. The van der Waals surface area contributed by atoms with E-state index in [4.69, 9.17) is 0 Å². The van der Waals surface area contributed by atoms with Crippen molar-refractivity contribution in [2.45, 2.75) is 34.6 Å². The third kappa shape index (κ3) is 6.72. The van der Waals surface area contributed by atoms with Crippen LogP contribution in [0.1, 0.15) is 33.3 Å². The van der Waals surface area contributed by atoms with Crippen LogP contribution in [0.4, 0.5) is 0 Å². The average molecular weight is 349 g/mol. The Hall–Kier alpha value is -2.12. The summed E-state index contributed by atoms with van der Waals surface area (Å²) in [6.45, 7) is 10.8. The quantitative estimate of drug-likeness (QED) is 0.301. The Morgan fingerprint density at radius 3 is 1.28 bits per heavy atom. The molecule has 0 fully saturated rings. The molecule has 0 aliphatic rings. The minimum atomic E-state index is 0.500. The van der Waals surface area contributed by atoms with Gasteiger partial charge in [-0.15, -0.1) is 11.3 Å². The van der Waals surface area contributed by atoms with Crippen molar-refractivity contribution in [2.75, 3.05) is 0 Å². The van der Waals surface area contributed by atoms with E-state index in [1.165, 1.54) is 25.7 Å². The predicted octanol–water partition coefficient (Wildman–Crippen LogP) is 8.10. The molecule has 0 aliphatic heterocycles. The maximum Gasteiger partial charge on any atom is 0.0355 e. The summed E-state index contributed by atoms with van der Waals surface area (Å²) in [5.41, 5.74) is 1.82. The first kappa shape index (κ1) is 19.2. The smallest absolute Gasteiger partial charge is 0.0355 e. The minimum absolute atomic E-state index is 0.500. The zero-order valence-corrected chi connectivity index (χ0v) is 16.7. The first-order chi connectivity index (χ1) is 11.8. The third-order valence-corrected chi connectivity index (χ3v) is 4.38. The molecule has 1 aromatic heterocycles. The molecule has 3 aromatic carbocycles. The van der Waals surface area contributed by atoms with Gasteiger partial charge in [0, 0.05) is 20.2 Å². The van der Waals surface area contributed by atoms with Crippen LogP contribution >= 0.6 is 11.3 Å². The zero-order valence-electron chi connectivity index (χ0n) is 15.9. The number of benzene rings is 3. The van der Waals surface area contributed by atoms with Gasteiger partial charge in [0.1, 0.15) is 0 Å². The fourth-order valence-corrected chi connectivity index (χ4v) is 3.32. The first-order valence-electron chi connectivity index (χ1n) is 8.72. The molecule has 0 nitrogen and oxygen atoms in total. The topological polar surface area (TPSA) is 0 Å². The molecular formula is C24H28S. The Morgan fingerprint density at radius 1 is 0.560 bits per heavy atom. The third-order valence-electron chi connectivity index (χ3n) is 3.22. The molecule has 1 heterocycles. The highest BCUT2D eigenvalue weighted by Crippen LogP contribution is 2.32. The molecule has 0 unspecified atom stereocenters. The van der Waals surface area contributed by atoms with Crippen LogP contribution in [0.25, 0.3) is 20.2 Å². The number of thiophene rings is 1. The molecular weight excluding hydrogens is 320 g/mol. The summed E-state index contributed by atoms with van der Waals surface area (Å²) in [5.74, 6) is 0. The Bertz CT molecular complexity index is 839. The highest BCUT2D eigenvalue weighted by molar-refractivity contribution is 7.25. The molecule has 0 saturated heterocycles. The van der Waals surface area contributed by atoms with Crippen molar-refractivity contribution in [2.24, 2.45) is 5.41 Å². The van der Waals surface area contributed by atoms with E-state index in [2.05, 4.69) is 95.3 Å². The number of fused-ring (bicyclic) bond motifs is 3. The van der Waals surface area contributed by atoms with E-state index in [0.717, 1.165) is 0 Å². The van der Waals surface area contributed by atoms with E-state index < -0.39 is 0 Å². The Balaban J connectivity index is 0.000000159. The van der Waals surface area contributed by atoms with E-state index in [1.807, 2.05) is 29.5 Å². The molecule has 4 aromatic rings. The lowest BCUT2D eigenvalue weighted by molar-refractivity contribution is 0.469. The van der Waals surface area contributed by atoms with Crippen molar-refractivity contribution in [1.82, 2.24) is 0 Å². The van der Waals surface area contributed by atoms with Crippen molar-refractivity contribution < 1.29 is 0 Å². The Labute approximate surface area is 156 Å². The maximum absolute atomic E-state index is 2.19. The molecule has 0 aliphatic carbocycles. The molecule has 0 bridgehead atoms. The second-order valence-electron chi connectivity index (χ2n) is 7.75. The van der Waals surface area contributed by atoms with Crippen molar-refractivity contribution in [3.05, 3.63) is 84.4 Å². The Morgan fingerprint density at radius 2 is 0.920 bits per heavy atom. The van der Waals surface area contributed by atoms with Crippen LogP contribution in [0.3, 0.4) is 0 Å². The molecule has 4 rings (SSSR count). The number of rotatable bonds is 0. The molecule has 0 radical (unpaired) electrons. The second kappa shape index (κ2) is 8.82. The number of hydrogen-bond acceptors (Lipinski definition) is 1. The SMILES string of the molecule is CC(C)(C)C.Cc1ccccc1.c1ccc2c(c1)sc1ccccc12. The summed E-state index contributed by atoms with van der Waals surface area (Å²) in [6.07, 6.45) is 0. The lowest BCUT2D eigenvalue weighted by atomic mass is 10.0. The standard InChI is InChI=1S/C12H8S.C7H8.C5H12/c1-3-7-11-9(5-1)10-6-2-4-8-12(10)13-11;1-7-5-3-2-4-6-7;1-5(2,3)4/h1-8H;2-6H,1H3;1-4H3. The van der Waals surface area contributed by atoms with Crippen LogP contribution in [0, 0.1) is 12.3 Å². The highest BCUT2D eigenvalue weighted by atomic mass is 32.1. The van der Waals surface area contributed by atoms with Crippen molar-refractivity contribution in [3.8, 4) is 0 Å². The first-order valence-corrected chi connectivity index (χ1v) is 9.54. The fraction of sp³-hybridized carbons (Fsp3) is 0.250. The van der Waals surface area contributed by atoms with Gasteiger partial charge in [0.25, 0.3) is 0 Å². The predicted molar refractivity (Wildman–Crippen MR) is 116 cm³/mol. The lowest BCUT2D eigenvalue weighted by Crippen LogP contribution is -1.93. The highest BCUT2D eigenvalue weighted by Gasteiger charge is 2.01. The molecule has 0 spiro atoms. The van der Waals surface area contributed by atoms with E-state index in [1.54, 1.807) is 0 Å². The summed E-state index contributed by atoms with van der Waals surface area (Å²) in [4.78, 5) is 0. The molecule has 0 amide bonds. The molecule has 0 atom stereocenters. The van der Waals surface area contributed by atoms with Gasteiger partial charge in [0.15, 0.2) is 0 Å². The lowest BCUT2D eigenvalue weighted by Gasteiger charge is -2.05. The van der Waals surface area contributed by atoms with Crippen LogP contribution in [0.15, 0.2) is 78.9 Å². The average Bonchev–Trinajstić information content (AvgIpc) is 2.93. The van der Waals surface area contributed by atoms with Gasteiger partial charge in [-0.2, -0.15) is 0 Å². The van der Waals surface area contributed by atoms with Crippen molar-refractivity contribution in [3.63, 3.8) is 0 Å². The van der Waals surface area contributed by atoms with Gasteiger partial charge in [-0.3, -0.25) is 0 Å². The molecule has 130 valence electrons. The Kier molecular flexibility index (Phi) is 6.78. The molecule has 0 N–H and O–H groups in total. The fourth-order valence-electron chi connectivity index (χ4n) is 2.21. The van der Waals surface area contributed by atoms with Crippen LogP contribution < -0.4 is 0 Å². The maximum atomic E-state index is 2.19. The summed E-state index contributed by atoms with van der Waals surface area (Å²) in [7, 11) is 0. The zero-order chi connectivity index (χ0) is 18.3. The molecule has 0 saturated carbocycles. The van der Waals surface area contributed by atoms with Crippen LogP contribution in [-0.2, 0) is 0 Å². The van der Waals surface area contributed by atoms with E-state index in [0.29, 0.717) is 5.41 Å². The van der Waals surface area contributed by atoms with Gasteiger partial charge in [-0.05, 0) is 24.5 Å². The summed E-state index contributed by atoms with van der Waals surface area (Å²) >= 11 is 1.86. The second-order valence-corrected chi connectivity index (χ2v) is 8.83. The van der Waals surface area contributed by atoms with Gasteiger partial charge >= 0.3 is 0 Å². The van der Waals surface area contributed by atoms with Gasteiger partial charge < -0.3 is 0 Å². The monoisotopic (exact) mass is 348 g/mol. The summed E-state index contributed by atoms with van der Waals surface area (Å²) in [6, 6.07) is 27.4. The van der Waals surface area contributed by atoms with Crippen molar-refractivity contribution >= 4 is 31.5 Å². The van der Waals surface area contributed by atoms with Gasteiger partial charge in [0.2, 0.25) is 0 Å². The van der Waals surface area contributed by atoms with Crippen LogP contribution in [0.5, 0.6) is 0 Å². The normalized spacial score (nSPS) is 10.6. The van der Waals surface area contributed by atoms with E-state index >= 15 is 0 Å². The van der Waals surface area contributed by atoms with Gasteiger partial charge in [0.05, 0.1) is 0 Å². The summed E-state index contributed by atoms with van der Waals surface area (Å²) in [5, 5.41) is 2.76. The molecule has 1 heteroatoms. The minimum Gasteiger partial charge on any atom is -0.135 e. The summed E-state index contributed by atoms with van der Waals surface area (Å²) < 4.78 is 2.76. The van der Waals surface area contributed by atoms with E-state index in [-0.39, 0.29) is 0 Å². The van der Waals surface area contributed by atoms with Gasteiger partial charge in [-0.25, -0.2) is 0 Å². The van der Waals surface area contributed by atoms with Crippen LogP contribution in [0.2, 0.25) is 0 Å². The van der Waals surface area contributed by atoms with E-state index in [9.17, 15) is 0 Å². The number of aryl methyl sites for hydroxylation is 1. The van der Waals surface area contributed by atoms with Crippen LogP contribution in [-0.4, -0.2) is 0 Å². The van der Waals surface area contributed by atoms with Crippen molar-refractivity contribution in [1.29, 1.82) is 0 Å².